The normalized spacial score (nSPS) is 10.4. The number of rotatable bonds is 5. The molecule has 0 aliphatic heterocycles. The lowest BCUT2D eigenvalue weighted by Gasteiger charge is -2.04. The number of hydrogen-bond donors (Lipinski definition) is 0. The zero-order valence-electron chi connectivity index (χ0n) is 12.9. The van der Waals surface area contributed by atoms with Crippen LogP contribution in [0.15, 0.2) is 59.0 Å². The molecule has 0 radical (unpaired) electrons. The van der Waals surface area contributed by atoms with E-state index >= 15 is 0 Å². The van der Waals surface area contributed by atoms with Crippen molar-refractivity contribution in [2.75, 3.05) is 0 Å². The van der Waals surface area contributed by atoms with Crippen LogP contribution < -0.4 is 0 Å². The zero-order valence-corrected chi connectivity index (χ0v) is 12.9. The molecule has 0 fully saturated rings. The quantitative estimate of drug-likeness (QED) is 0.530. The van der Waals surface area contributed by atoms with E-state index in [0.717, 1.165) is 0 Å². The molecule has 0 spiro atoms. The van der Waals surface area contributed by atoms with E-state index in [1.807, 2.05) is 6.07 Å². The van der Waals surface area contributed by atoms with E-state index < -0.39 is 5.97 Å². The van der Waals surface area contributed by atoms with E-state index in [9.17, 15) is 9.59 Å². The monoisotopic (exact) mass is 322 g/mol. The van der Waals surface area contributed by atoms with Crippen LogP contribution in [-0.4, -0.2) is 21.9 Å². The van der Waals surface area contributed by atoms with E-state index in [2.05, 4.69) is 10.2 Å². The molecule has 0 saturated heterocycles. The van der Waals surface area contributed by atoms with Gasteiger partial charge in [-0.25, -0.2) is 4.79 Å². The summed E-state index contributed by atoms with van der Waals surface area (Å²) in [5.74, 6) is 0.0166. The molecule has 6 heteroatoms. The number of ketones is 1. The maximum atomic E-state index is 12.3. The highest BCUT2D eigenvalue weighted by Crippen LogP contribution is 2.12. The Hall–Kier alpha value is -3.28. The van der Waals surface area contributed by atoms with Crippen molar-refractivity contribution in [3.63, 3.8) is 0 Å². The van der Waals surface area contributed by atoms with Gasteiger partial charge in [0.05, 0.1) is 5.56 Å². The Kier molecular flexibility index (Phi) is 4.47. The third-order valence-electron chi connectivity index (χ3n) is 3.31. The first-order valence-corrected chi connectivity index (χ1v) is 7.29. The number of carbonyl (C=O) groups is 2. The Morgan fingerprint density at radius 3 is 2.17 bits per heavy atom. The van der Waals surface area contributed by atoms with E-state index in [4.69, 9.17) is 9.15 Å². The van der Waals surface area contributed by atoms with E-state index in [0.29, 0.717) is 22.6 Å². The van der Waals surface area contributed by atoms with Gasteiger partial charge in [-0.05, 0) is 12.1 Å². The highest BCUT2D eigenvalue weighted by molar-refractivity contribution is 6.09. The van der Waals surface area contributed by atoms with Crippen molar-refractivity contribution in [1.82, 2.24) is 10.2 Å². The molecule has 0 unspecified atom stereocenters. The minimum atomic E-state index is -0.524. The number of benzene rings is 2. The maximum absolute atomic E-state index is 12.3. The molecule has 2 aromatic carbocycles. The van der Waals surface area contributed by atoms with Gasteiger partial charge in [0.15, 0.2) is 12.4 Å². The zero-order chi connectivity index (χ0) is 16.9. The van der Waals surface area contributed by atoms with Crippen molar-refractivity contribution in [2.24, 2.45) is 0 Å². The lowest BCUT2D eigenvalue weighted by Crippen LogP contribution is -2.07. The smallest absolute Gasteiger partial charge is 0.338 e. The number of ether oxygens (including phenoxy) is 1. The number of aromatic nitrogens is 2. The fourth-order valence-corrected chi connectivity index (χ4v) is 2.12. The van der Waals surface area contributed by atoms with Gasteiger partial charge in [-0.15, -0.1) is 10.2 Å². The second-order valence-electron chi connectivity index (χ2n) is 5.06. The summed E-state index contributed by atoms with van der Waals surface area (Å²) in [6.45, 7) is 1.56. The summed E-state index contributed by atoms with van der Waals surface area (Å²) in [5, 5.41) is 7.40. The Morgan fingerprint density at radius 1 is 0.917 bits per heavy atom. The van der Waals surface area contributed by atoms with Crippen LogP contribution in [0.4, 0.5) is 0 Å². The topological polar surface area (TPSA) is 82.3 Å². The number of hydrogen-bond acceptors (Lipinski definition) is 6. The van der Waals surface area contributed by atoms with Gasteiger partial charge in [-0.3, -0.25) is 4.79 Å². The van der Waals surface area contributed by atoms with Gasteiger partial charge in [-0.1, -0.05) is 42.5 Å². The molecule has 0 amide bonds. The molecule has 0 atom stereocenters. The van der Waals surface area contributed by atoms with Crippen molar-refractivity contribution in [3.8, 4) is 0 Å². The maximum Gasteiger partial charge on any atom is 0.338 e. The lowest BCUT2D eigenvalue weighted by atomic mass is 10.0. The molecule has 1 heterocycles. The molecule has 0 bridgehead atoms. The van der Waals surface area contributed by atoms with Gasteiger partial charge in [0.25, 0.3) is 5.89 Å². The van der Waals surface area contributed by atoms with Crippen LogP contribution in [0.1, 0.15) is 38.1 Å². The minimum absolute atomic E-state index is 0.0929. The van der Waals surface area contributed by atoms with Crippen LogP contribution in [0.3, 0.4) is 0 Å². The van der Waals surface area contributed by atoms with E-state index in [1.165, 1.54) is 0 Å². The summed E-state index contributed by atoms with van der Waals surface area (Å²) < 4.78 is 10.2. The molecule has 120 valence electrons. The molecule has 0 saturated carbocycles. The van der Waals surface area contributed by atoms with Crippen molar-refractivity contribution < 1.29 is 18.7 Å². The van der Waals surface area contributed by atoms with Gasteiger partial charge in [0.2, 0.25) is 5.89 Å². The molecule has 6 nitrogen and oxygen atoms in total. The van der Waals surface area contributed by atoms with Crippen molar-refractivity contribution in [3.05, 3.63) is 83.1 Å². The molecule has 3 rings (SSSR count). The molecular formula is C18H14N2O4. The first kappa shape index (κ1) is 15.6. The third kappa shape index (κ3) is 3.55. The predicted octanol–water partition coefficient (Wildman–Crippen LogP) is 2.97. The van der Waals surface area contributed by atoms with Crippen LogP contribution in [0.2, 0.25) is 0 Å². The number of nitrogens with zero attached hydrogens (tertiary/aromatic N) is 2. The van der Waals surface area contributed by atoms with E-state index in [1.54, 1.807) is 55.5 Å². The molecule has 1 aromatic heterocycles. The predicted molar refractivity (Wildman–Crippen MR) is 84.5 cm³/mol. The molecule has 0 aliphatic carbocycles. The average Bonchev–Trinajstić information content (AvgIpc) is 3.05. The van der Waals surface area contributed by atoms with Crippen LogP contribution in [0.25, 0.3) is 0 Å². The van der Waals surface area contributed by atoms with Gasteiger partial charge >= 0.3 is 5.97 Å². The van der Waals surface area contributed by atoms with Gasteiger partial charge in [-0.2, -0.15) is 0 Å². The van der Waals surface area contributed by atoms with Crippen molar-refractivity contribution in [2.45, 2.75) is 13.5 Å². The van der Waals surface area contributed by atoms with Crippen LogP contribution in [0, 0.1) is 6.92 Å². The van der Waals surface area contributed by atoms with Gasteiger partial charge in [0.1, 0.15) is 0 Å². The van der Waals surface area contributed by atoms with Gasteiger partial charge in [0, 0.05) is 18.1 Å². The van der Waals surface area contributed by atoms with Gasteiger partial charge < -0.3 is 9.15 Å². The van der Waals surface area contributed by atoms with Crippen LogP contribution in [-0.2, 0) is 11.3 Å². The largest absolute Gasteiger partial charge is 0.452 e. The summed E-state index contributed by atoms with van der Waals surface area (Å²) in [6, 6.07) is 15.3. The molecule has 24 heavy (non-hydrogen) atoms. The fourth-order valence-electron chi connectivity index (χ4n) is 2.12. The second-order valence-corrected chi connectivity index (χ2v) is 5.06. The Bertz CT molecular complexity index is 854. The SMILES string of the molecule is Cc1nnc(COC(=O)c2ccc(C(=O)c3ccccc3)cc2)o1. The lowest BCUT2D eigenvalue weighted by molar-refractivity contribution is 0.0436. The number of esters is 1. The summed E-state index contributed by atoms with van der Waals surface area (Å²) in [5.41, 5.74) is 1.45. The van der Waals surface area contributed by atoms with Crippen molar-refractivity contribution in [1.29, 1.82) is 0 Å². The third-order valence-corrected chi connectivity index (χ3v) is 3.31. The van der Waals surface area contributed by atoms with Crippen molar-refractivity contribution >= 4 is 11.8 Å². The number of aryl methyl sites for hydroxylation is 1. The number of carbonyl (C=O) groups excluding carboxylic acids is 2. The summed E-state index contributed by atoms with van der Waals surface area (Å²) in [4.78, 5) is 24.3. The minimum Gasteiger partial charge on any atom is -0.452 e. The molecule has 0 aliphatic rings. The average molecular weight is 322 g/mol. The molecule has 3 aromatic rings. The standard InChI is InChI=1S/C18H14N2O4/c1-12-19-20-16(24-12)11-23-18(22)15-9-7-14(8-10-15)17(21)13-5-3-2-4-6-13/h2-10H,11H2,1H3. The van der Waals surface area contributed by atoms with Crippen LogP contribution in [0.5, 0.6) is 0 Å². The summed E-state index contributed by atoms with van der Waals surface area (Å²) >= 11 is 0. The second kappa shape index (κ2) is 6.87. The fraction of sp³-hybridized carbons (Fsp3) is 0.111. The molecular weight excluding hydrogens is 308 g/mol. The summed E-state index contributed by atoms with van der Waals surface area (Å²) in [6.07, 6.45) is 0. The summed E-state index contributed by atoms with van der Waals surface area (Å²) in [7, 11) is 0. The van der Waals surface area contributed by atoms with E-state index in [-0.39, 0.29) is 18.3 Å². The first-order valence-electron chi connectivity index (χ1n) is 7.29. The Balaban J connectivity index is 1.65. The highest BCUT2D eigenvalue weighted by atomic mass is 16.5. The molecule has 0 N–H and O–H groups in total. The Labute approximate surface area is 138 Å². The Morgan fingerprint density at radius 2 is 1.54 bits per heavy atom. The van der Waals surface area contributed by atoms with Crippen LogP contribution >= 0.6 is 0 Å². The highest BCUT2D eigenvalue weighted by Gasteiger charge is 2.12. The first-order chi connectivity index (χ1) is 11.6.